The number of halogens is 7. The molecule has 0 atom stereocenters. The van der Waals surface area contributed by atoms with E-state index < -0.39 is 31.0 Å². The van der Waals surface area contributed by atoms with Gasteiger partial charge in [0.05, 0.1) is 6.61 Å². The molecule has 0 aromatic heterocycles. The summed E-state index contributed by atoms with van der Waals surface area (Å²) >= 11 is 0. The molecule has 1 nitrogen and oxygen atoms in total. The average molecular weight is 256 g/mol. The Morgan fingerprint density at radius 1 is 0.812 bits per heavy atom. The Labute approximate surface area is 87.6 Å². The molecule has 0 aliphatic heterocycles. The quantitative estimate of drug-likeness (QED) is 0.539. The lowest BCUT2D eigenvalue weighted by molar-refractivity contribution is -0.345. The number of hydrogen-bond donors (Lipinski definition) is 0. The first-order valence-electron chi connectivity index (χ1n) is 4.46. The van der Waals surface area contributed by atoms with Gasteiger partial charge < -0.3 is 4.74 Å². The van der Waals surface area contributed by atoms with Crippen molar-refractivity contribution in [2.24, 2.45) is 0 Å². The van der Waals surface area contributed by atoms with E-state index in [1.807, 2.05) is 0 Å². The van der Waals surface area contributed by atoms with Crippen LogP contribution in [0.4, 0.5) is 30.7 Å². The fraction of sp³-hybridized carbons (Fsp3) is 1.00. The number of alkyl halides is 7. The van der Waals surface area contributed by atoms with Gasteiger partial charge in [0.2, 0.25) is 0 Å². The molecule has 0 aromatic carbocycles. The van der Waals surface area contributed by atoms with E-state index in [0.29, 0.717) is 6.42 Å². The fourth-order valence-corrected chi connectivity index (χ4v) is 0.903. The van der Waals surface area contributed by atoms with Crippen LogP contribution in [0.15, 0.2) is 0 Å². The first kappa shape index (κ1) is 15.5. The van der Waals surface area contributed by atoms with E-state index in [9.17, 15) is 30.7 Å². The minimum Gasteiger partial charge on any atom is -0.381 e. The second kappa shape index (κ2) is 5.20. The van der Waals surface area contributed by atoms with Gasteiger partial charge in [-0.1, -0.05) is 6.92 Å². The van der Waals surface area contributed by atoms with Crippen LogP contribution in [0.25, 0.3) is 0 Å². The largest absolute Gasteiger partial charge is 0.431 e. The lowest BCUT2D eigenvalue weighted by atomic mass is 10.0. The highest BCUT2D eigenvalue weighted by Gasteiger charge is 2.71. The third kappa shape index (κ3) is 3.50. The van der Waals surface area contributed by atoms with Crippen LogP contribution < -0.4 is 0 Å². The Kier molecular flexibility index (Phi) is 5.03. The van der Waals surface area contributed by atoms with E-state index in [0.717, 1.165) is 0 Å². The molecule has 8 heteroatoms. The van der Waals surface area contributed by atoms with Gasteiger partial charge in [0.1, 0.15) is 0 Å². The molecule has 0 spiro atoms. The monoisotopic (exact) mass is 256 g/mol. The lowest BCUT2D eigenvalue weighted by Gasteiger charge is -2.29. The zero-order chi connectivity index (χ0) is 13.0. The van der Waals surface area contributed by atoms with E-state index in [4.69, 9.17) is 0 Å². The van der Waals surface area contributed by atoms with E-state index in [2.05, 4.69) is 4.74 Å². The maximum absolute atomic E-state index is 12.9. The summed E-state index contributed by atoms with van der Waals surface area (Å²) in [5.41, 5.74) is -5.20. The van der Waals surface area contributed by atoms with Gasteiger partial charge in [-0.2, -0.15) is 26.3 Å². The minimum absolute atomic E-state index is 0.00814. The van der Waals surface area contributed by atoms with E-state index in [1.54, 1.807) is 6.92 Å². The second-order valence-electron chi connectivity index (χ2n) is 3.16. The van der Waals surface area contributed by atoms with Crippen molar-refractivity contribution in [3.05, 3.63) is 0 Å². The number of rotatable bonds is 5. The van der Waals surface area contributed by atoms with Gasteiger partial charge in [0.15, 0.2) is 0 Å². The second-order valence-corrected chi connectivity index (χ2v) is 3.16. The average Bonchev–Trinajstić information content (AvgIpc) is 2.08. The maximum atomic E-state index is 12.9. The predicted molar refractivity (Wildman–Crippen MR) is 41.7 cm³/mol. The summed E-state index contributed by atoms with van der Waals surface area (Å²) in [4.78, 5) is 0. The Morgan fingerprint density at radius 3 is 1.56 bits per heavy atom. The van der Waals surface area contributed by atoms with Gasteiger partial charge in [-0.3, -0.25) is 0 Å². The topological polar surface area (TPSA) is 9.23 Å². The van der Waals surface area contributed by atoms with E-state index in [-0.39, 0.29) is 6.61 Å². The molecule has 0 aromatic rings. The molecular formula is C8H11F7O. The van der Waals surface area contributed by atoms with Crippen molar-refractivity contribution >= 4 is 0 Å². The fourth-order valence-electron chi connectivity index (χ4n) is 0.903. The van der Waals surface area contributed by atoms with Gasteiger partial charge in [0, 0.05) is 13.0 Å². The molecule has 0 saturated carbocycles. The third-order valence-electron chi connectivity index (χ3n) is 1.84. The molecule has 0 fully saturated rings. The molecule has 0 saturated heterocycles. The summed E-state index contributed by atoms with van der Waals surface area (Å²) in [6.07, 6.45) is -13.3. The molecule has 0 unspecified atom stereocenters. The van der Waals surface area contributed by atoms with Crippen LogP contribution >= 0.6 is 0 Å². The van der Waals surface area contributed by atoms with Crippen LogP contribution in [0, 0.1) is 0 Å². The van der Waals surface area contributed by atoms with Gasteiger partial charge in [-0.05, 0) is 6.42 Å². The summed E-state index contributed by atoms with van der Waals surface area (Å²) < 4.78 is 89.1. The zero-order valence-corrected chi connectivity index (χ0v) is 8.38. The van der Waals surface area contributed by atoms with Gasteiger partial charge in [-0.15, -0.1) is 0 Å². The van der Waals surface area contributed by atoms with Crippen LogP contribution in [0.1, 0.15) is 19.8 Å². The van der Waals surface area contributed by atoms with Gasteiger partial charge >= 0.3 is 18.0 Å². The number of hydrogen-bond acceptors (Lipinski definition) is 1. The normalized spacial score (nSPS) is 14.2. The highest BCUT2D eigenvalue weighted by atomic mass is 19.4. The Hall–Kier alpha value is -0.530. The summed E-state index contributed by atoms with van der Waals surface area (Å²) in [6, 6.07) is 0. The molecule has 0 aliphatic rings. The van der Waals surface area contributed by atoms with Crippen LogP contribution in [0.3, 0.4) is 0 Å². The van der Waals surface area contributed by atoms with Crippen molar-refractivity contribution in [2.75, 3.05) is 13.2 Å². The molecule has 98 valence electrons. The van der Waals surface area contributed by atoms with E-state index in [1.165, 1.54) is 0 Å². The third-order valence-corrected chi connectivity index (χ3v) is 1.84. The van der Waals surface area contributed by atoms with Gasteiger partial charge in [0.25, 0.3) is 0 Å². The highest BCUT2D eigenvalue weighted by molar-refractivity contribution is 4.94. The van der Waals surface area contributed by atoms with Crippen molar-refractivity contribution < 1.29 is 35.5 Å². The van der Waals surface area contributed by atoms with Gasteiger partial charge in [-0.25, -0.2) is 4.39 Å². The van der Waals surface area contributed by atoms with Crippen LogP contribution in [-0.4, -0.2) is 31.2 Å². The molecule has 0 heterocycles. The Bertz CT molecular complexity index is 193. The predicted octanol–water partition coefficient (Wildman–Crippen LogP) is 3.64. The Morgan fingerprint density at radius 2 is 1.25 bits per heavy atom. The molecule has 0 amide bonds. The summed E-state index contributed by atoms with van der Waals surface area (Å²) in [5, 5.41) is 0. The number of ether oxygens (including phenoxy) is 1. The standard InChI is InChI=1S/C8H11F7O/c1-2-4-16-5-3-6(9,7(10,11)12)8(13,14)15/h2-5H2,1H3. The maximum Gasteiger partial charge on any atom is 0.431 e. The Balaban J connectivity index is 4.59. The molecule has 0 radical (unpaired) electrons. The lowest BCUT2D eigenvalue weighted by Crippen LogP contribution is -2.53. The molecular weight excluding hydrogens is 245 g/mol. The first-order valence-corrected chi connectivity index (χ1v) is 4.46. The molecule has 0 rings (SSSR count). The summed E-state index contributed by atoms with van der Waals surface area (Å²) in [6.45, 7) is 0.686. The van der Waals surface area contributed by atoms with Crippen LogP contribution in [-0.2, 0) is 4.74 Å². The molecule has 0 aliphatic carbocycles. The SMILES string of the molecule is CCCOCCC(F)(C(F)(F)F)C(F)(F)F. The minimum atomic E-state index is -5.99. The first-order chi connectivity index (χ1) is 7.06. The molecule has 0 bridgehead atoms. The van der Waals surface area contributed by atoms with E-state index >= 15 is 0 Å². The van der Waals surface area contributed by atoms with Crippen molar-refractivity contribution in [2.45, 2.75) is 37.8 Å². The van der Waals surface area contributed by atoms with Crippen molar-refractivity contribution in [1.82, 2.24) is 0 Å². The smallest absolute Gasteiger partial charge is 0.381 e. The van der Waals surface area contributed by atoms with Crippen LogP contribution in [0.5, 0.6) is 0 Å². The molecule has 16 heavy (non-hydrogen) atoms. The summed E-state index contributed by atoms with van der Waals surface area (Å²) in [7, 11) is 0. The zero-order valence-electron chi connectivity index (χ0n) is 8.38. The van der Waals surface area contributed by atoms with Crippen LogP contribution in [0.2, 0.25) is 0 Å². The van der Waals surface area contributed by atoms with Crippen molar-refractivity contribution in [3.63, 3.8) is 0 Å². The molecule has 0 N–H and O–H groups in total. The van der Waals surface area contributed by atoms with Crippen molar-refractivity contribution in [3.8, 4) is 0 Å². The highest BCUT2D eigenvalue weighted by Crippen LogP contribution is 2.48. The summed E-state index contributed by atoms with van der Waals surface area (Å²) in [5.74, 6) is 0. The van der Waals surface area contributed by atoms with Crippen molar-refractivity contribution in [1.29, 1.82) is 0 Å².